The summed E-state index contributed by atoms with van der Waals surface area (Å²) in [6.45, 7) is 4.40. The van der Waals surface area contributed by atoms with E-state index in [2.05, 4.69) is 23.8 Å². The Bertz CT molecular complexity index is 233. The molecule has 2 N–H and O–H groups in total. The largest absolute Gasteiger partial charge is 0.323 e. The summed E-state index contributed by atoms with van der Waals surface area (Å²) in [6.07, 6.45) is 5.42. The van der Waals surface area contributed by atoms with Crippen LogP contribution < -0.4 is 5.73 Å². The first kappa shape index (κ1) is 10.1. The molecule has 1 aromatic heterocycles. The molecule has 0 radical (unpaired) electrons. The molecule has 72 valence electrons. The van der Waals surface area contributed by atoms with Crippen molar-refractivity contribution < 1.29 is 0 Å². The number of hydrogen-bond acceptors (Lipinski definition) is 3. The molecule has 0 spiro atoms. The van der Waals surface area contributed by atoms with E-state index < -0.39 is 0 Å². The molecule has 0 amide bonds. The molecule has 0 aliphatic rings. The van der Waals surface area contributed by atoms with Crippen LogP contribution in [0.15, 0.2) is 18.6 Å². The Kier molecular flexibility index (Phi) is 3.83. The Morgan fingerprint density at radius 2 is 2.15 bits per heavy atom. The second kappa shape index (κ2) is 4.92. The highest BCUT2D eigenvalue weighted by molar-refractivity contribution is 5.03. The summed E-state index contributed by atoms with van der Waals surface area (Å²) in [5, 5.41) is 0. The molecule has 1 heterocycles. The van der Waals surface area contributed by atoms with Crippen LogP contribution in [0, 0.1) is 5.92 Å². The highest BCUT2D eigenvalue weighted by atomic mass is 14.8. The highest BCUT2D eigenvalue weighted by Crippen LogP contribution is 2.15. The van der Waals surface area contributed by atoms with E-state index in [0.717, 1.165) is 18.5 Å². The molecule has 13 heavy (non-hydrogen) atoms. The first-order valence-corrected chi connectivity index (χ1v) is 4.71. The first-order chi connectivity index (χ1) is 6.20. The van der Waals surface area contributed by atoms with Crippen LogP contribution in [0.1, 0.15) is 38.4 Å². The molecule has 3 nitrogen and oxygen atoms in total. The van der Waals surface area contributed by atoms with Gasteiger partial charge in [0.05, 0.1) is 5.69 Å². The zero-order valence-electron chi connectivity index (χ0n) is 8.27. The predicted octanol–water partition coefficient (Wildman–Crippen LogP) is 1.91. The number of nitrogens with zero attached hydrogens (tertiary/aromatic N) is 2. The van der Waals surface area contributed by atoms with Gasteiger partial charge in [0.15, 0.2) is 0 Å². The topological polar surface area (TPSA) is 51.8 Å². The van der Waals surface area contributed by atoms with Gasteiger partial charge in [-0.1, -0.05) is 13.8 Å². The number of aromatic nitrogens is 2. The minimum atomic E-state index is 0.0606. The van der Waals surface area contributed by atoms with Gasteiger partial charge in [-0.3, -0.25) is 0 Å². The van der Waals surface area contributed by atoms with Gasteiger partial charge < -0.3 is 5.73 Å². The maximum Gasteiger partial charge on any atom is 0.115 e. The van der Waals surface area contributed by atoms with Crippen LogP contribution in [-0.4, -0.2) is 9.97 Å². The van der Waals surface area contributed by atoms with E-state index >= 15 is 0 Å². The lowest BCUT2D eigenvalue weighted by Crippen LogP contribution is -2.12. The van der Waals surface area contributed by atoms with Gasteiger partial charge in [-0.05, 0) is 24.8 Å². The minimum absolute atomic E-state index is 0.0606. The zero-order valence-corrected chi connectivity index (χ0v) is 8.27. The Morgan fingerprint density at radius 3 is 2.69 bits per heavy atom. The van der Waals surface area contributed by atoms with Crippen LogP contribution >= 0.6 is 0 Å². The summed E-state index contributed by atoms with van der Waals surface area (Å²) >= 11 is 0. The fourth-order valence-electron chi connectivity index (χ4n) is 1.18. The van der Waals surface area contributed by atoms with Gasteiger partial charge >= 0.3 is 0 Å². The summed E-state index contributed by atoms with van der Waals surface area (Å²) in [5.41, 5.74) is 6.89. The molecule has 1 atom stereocenters. The summed E-state index contributed by atoms with van der Waals surface area (Å²) in [7, 11) is 0. The van der Waals surface area contributed by atoms with Crippen molar-refractivity contribution in [1.29, 1.82) is 0 Å². The van der Waals surface area contributed by atoms with Crippen molar-refractivity contribution in [3.63, 3.8) is 0 Å². The summed E-state index contributed by atoms with van der Waals surface area (Å²) in [4.78, 5) is 7.98. The Morgan fingerprint density at radius 1 is 1.38 bits per heavy atom. The Hall–Kier alpha value is -0.960. The highest BCUT2D eigenvalue weighted by Gasteiger charge is 2.07. The van der Waals surface area contributed by atoms with Crippen molar-refractivity contribution in [2.24, 2.45) is 11.7 Å². The normalized spacial score (nSPS) is 13.2. The van der Waals surface area contributed by atoms with Gasteiger partial charge in [0.25, 0.3) is 0 Å². The third-order valence-electron chi connectivity index (χ3n) is 2.04. The summed E-state index contributed by atoms with van der Waals surface area (Å²) < 4.78 is 0. The summed E-state index contributed by atoms with van der Waals surface area (Å²) in [6, 6.07) is 1.94. The predicted molar refractivity (Wildman–Crippen MR) is 53.0 cm³/mol. The molecule has 0 aliphatic heterocycles. The van der Waals surface area contributed by atoms with Crippen LogP contribution in [0.2, 0.25) is 0 Å². The van der Waals surface area contributed by atoms with E-state index in [1.165, 1.54) is 0 Å². The lowest BCUT2D eigenvalue weighted by Gasteiger charge is -2.11. The Labute approximate surface area is 79.4 Å². The molecule has 1 unspecified atom stereocenters. The van der Waals surface area contributed by atoms with Crippen LogP contribution in [0.25, 0.3) is 0 Å². The van der Waals surface area contributed by atoms with Gasteiger partial charge in [-0.2, -0.15) is 0 Å². The smallest absolute Gasteiger partial charge is 0.115 e. The van der Waals surface area contributed by atoms with Crippen LogP contribution in [0.3, 0.4) is 0 Å². The molecule has 1 aromatic rings. The zero-order chi connectivity index (χ0) is 9.68. The summed E-state index contributed by atoms with van der Waals surface area (Å²) in [5.74, 6) is 0.702. The first-order valence-electron chi connectivity index (χ1n) is 4.71. The average molecular weight is 179 g/mol. The molecular weight excluding hydrogens is 162 g/mol. The molecule has 0 aliphatic carbocycles. The van der Waals surface area contributed by atoms with Crippen LogP contribution in [-0.2, 0) is 0 Å². The van der Waals surface area contributed by atoms with Gasteiger partial charge in [-0.25, -0.2) is 9.97 Å². The Balaban J connectivity index is 2.44. The van der Waals surface area contributed by atoms with Crippen molar-refractivity contribution in [1.82, 2.24) is 9.97 Å². The molecule has 1 rings (SSSR count). The van der Waals surface area contributed by atoms with E-state index in [0.29, 0.717) is 5.92 Å². The van der Waals surface area contributed by atoms with E-state index in [1.807, 2.05) is 6.07 Å². The van der Waals surface area contributed by atoms with E-state index in [4.69, 9.17) is 5.73 Å². The van der Waals surface area contributed by atoms with Crippen molar-refractivity contribution in [3.05, 3.63) is 24.3 Å². The molecule has 0 saturated heterocycles. The SMILES string of the molecule is CC(C)CCC(N)c1ccncn1. The molecule has 0 bridgehead atoms. The molecule has 3 heteroatoms. The standard InChI is InChI=1S/C10H17N3/c1-8(2)3-4-9(11)10-5-6-12-7-13-10/h5-9H,3-4,11H2,1-2H3. The fourth-order valence-corrected chi connectivity index (χ4v) is 1.18. The van der Waals surface area contributed by atoms with Gasteiger partial charge in [0, 0.05) is 12.2 Å². The molecule has 0 aromatic carbocycles. The van der Waals surface area contributed by atoms with Gasteiger partial charge in [0.2, 0.25) is 0 Å². The molecule has 0 saturated carbocycles. The minimum Gasteiger partial charge on any atom is -0.323 e. The fraction of sp³-hybridized carbons (Fsp3) is 0.600. The van der Waals surface area contributed by atoms with E-state index in [-0.39, 0.29) is 6.04 Å². The van der Waals surface area contributed by atoms with Crippen molar-refractivity contribution in [3.8, 4) is 0 Å². The number of nitrogens with two attached hydrogens (primary N) is 1. The third kappa shape index (κ3) is 3.51. The van der Waals surface area contributed by atoms with Crippen molar-refractivity contribution in [2.45, 2.75) is 32.7 Å². The maximum absolute atomic E-state index is 5.95. The average Bonchev–Trinajstić information content (AvgIpc) is 2.15. The lowest BCUT2D eigenvalue weighted by molar-refractivity contribution is 0.501. The van der Waals surface area contributed by atoms with Gasteiger partial charge in [-0.15, -0.1) is 0 Å². The van der Waals surface area contributed by atoms with Crippen LogP contribution in [0.5, 0.6) is 0 Å². The molecule has 0 fully saturated rings. The van der Waals surface area contributed by atoms with E-state index in [9.17, 15) is 0 Å². The maximum atomic E-state index is 5.95. The second-order valence-electron chi connectivity index (χ2n) is 3.71. The second-order valence-corrected chi connectivity index (χ2v) is 3.71. The van der Waals surface area contributed by atoms with Crippen molar-refractivity contribution >= 4 is 0 Å². The van der Waals surface area contributed by atoms with Crippen molar-refractivity contribution in [2.75, 3.05) is 0 Å². The monoisotopic (exact) mass is 179 g/mol. The lowest BCUT2D eigenvalue weighted by atomic mass is 10.0. The third-order valence-corrected chi connectivity index (χ3v) is 2.04. The quantitative estimate of drug-likeness (QED) is 0.768. The van der Waals surface area contributed by atoms with E-state index in [1.54, 1.807) is 12.5 Å². The number of hydrogen-bond donors (Lipinski definition) is 1. The van der Waals surface area contributed by atoms with Gasteiger partial charge in [0.1, 0.15) is 6.33 Å². The molecular formula is C10H17N3. The van der Waals surface area contributed by atoms with Crippen LogP contribution in [0.4, 0.5) is 0 Å². The number of rotatable bonds is 4.